The zero-order chi connectivity index (χ0) is 14.7. The molecule has 6 heteroatoms. The molecule has 0 saturated heterocycles. The smallest absolute Gasteiger partial charge is 0.143 e. The molecule has 2 aromatic heterocycles. The number of hydrogen-bond acceptors (Lipinski definition) is 5. The number of furan rings is 1. The standard InChI is InChI=1S/C15H17N5O/c1-3-13(15-5-4-8-21-15)17-12-6-7-14(11(2)9-12)20-10-16-18-19-20/h4-10,13,17H,3H2,1-2H3. The summed E-state index contributed by atoms with van der Waals surface area (Å²) in [7, 11) is 0. The van der Waals surface area contributed by atoms with E-state index in [1.54, 1.807) is 17.3 Å². The maximum Gasteiger partial charge on any atom is 0.143 e. The van der Waals surface area contributed by atoms with Gasteiger partial charge in [-0.15, -0.1) is 5.10 Å². The van der Waals surface area contributed by atoms with Crippen LogP contribution in [0.2, 0.25) is 0 Å². The van der Waals surface area contributed by atoms with Crippen LogP contribution in [0.15, 0.2) is 47.3 Å². The van der Waals surface area contributed by atoms with Gasteiger partial charge in [0.15, 0.2) is 0 Å². The second kappa shape index (κ2) is 5.78. The summed E-state index contributed by atoms with van der Waals surface area (Å²) in [5.74, 6) is 0.944. The van der Waals surface area contributed by atoms with Gasteiger partial charge in [-0.25, -0.2) is 4.68 Å². The van der Waals surface area contributed by atoms with Gasteiger partial charge in [-0.05, 0) is 59.7 Å². The van der Waals surface area contributed by atoms with E-state index >= 15 is 0 Å². The lowest BCUT2D eigenvalue weighted by Crippen LogP contribution is -2.09. The van der Waals surface area contributed by atoms with Crippen molar-refractivity contribution in [3.8, 4) is 5.69 Å². The normalized spacial score (nSPS) is 12.3. The van der Waals surface area contributed by atoms with Gasteiger partial charge in [0.1, 0.15) is 12.1 Å². The van der Waals surface area contributed by atoms with Crippen LogP contribution in [0.5, 0.6) is 0 Å². The lowest BCUT2D eigenvalue weighted by Gasteiger charge is -2.17. The van der Waals surface area contributed by atoms with E-state index in [0.29, 0.717) is 0 Å². The molecule has 0 radical (unpaired) electrons. The number of benzene rings is 1. The molecule has 1 aromatic carbocycles. The average molecular weight is 283 g/mol. The highest BCUT2D eigenvalue weighted by Gasteiger charge is 2.12. The molecule has 0 saturated carbocycles. The van der Waals surface area contributed by atoms with Crippen molar-refractivity contribution < 1.29 is 4.42 Å². The number of rotatable bonds is 5. The molecule has 3 rings (SSSR count). The first-order valence-electron chi connectivity index (χ1n) is 6.92. The largest absolute Gasteiger partial charge is 0.467 e. The number of aromatic nitrogens is 4. The van der Waals surface area contributed by atoms with Crippen molar-refractivity contribution in [3.63, 3.8) is 0 Å². The van der Waals surface area contributed by atoms with Crippen molar-refractivity contribution in [1.29, 1.82) is 0 Å². The second-order valence-electron chi connectivity index (χ2n) is 4.88. The third-order valence-corrected chi connectivity index (χ3v) is 3.43. The number of aryl methyl sites for hydroxylation is 1. The number of nitrogens with zero attached hydrogens (tertiary/aromatic N) is 4. The lowest BCUT2D eigenvalue weighted by molar-refractivity contribution is 0.474. The molecule has 1 N–H and O–H groups in total. The van der Waals surface area contributed by atoms with Gasteiger partial charge >= 0.3 is 0 Å². The Morgan fingerprint density at radius 1 is 1.33 bits per heavy atom. The van der Waals surface area contributed by atoms with Crippen molar-refractivity contribution in [2.45, 2.75) is 26.3 Å². The Morgan fingerprint density at radius 2 is 2.24 bits per heavy atom. The number of anilines is 1. The molecule has 108 valence electrons. The fourth-order valence-corrected chi connectivity index (χ4v) is 2.34. The van der Waals surface area contributed by atoms with Gasteiger partial charge in [0.2, 0.25) is 0 Å². The number of nitrogens with one attached hydrogen (secondary N) is 1. The minimum absolute atomic E-state index is 0.165. The highest BCUT2D eigenvalue weighted by atomic mass is 16.3. The molecule has 21 heavy (non-hydrogen) atoms. The number of tetrazole rings is 1. The SMILES string of the molecule is CCC(Nc1ccc(-n2cnnn2)c(C)c1)c1ccco1. The molecule has 0 fully saturated rings. The van der Waals surface area contributed by atoms with E-state index in [9.17, 15) is 0 Å². The molecule has 1 atom stereocenters. The second-order valence-corrected chi connectivity index (χ2v) is 4.88. The van der Waals surface area contributed by atoms with Gasteiger partial charge in [-0.2, -0.15) is 0 Å². The number of hydrogen-bond donors (Lipinski definition) is 1. The molecule has 0 aliphatic heterocycles. The van der Waals surface area contributed by atoms with Gasteiger partial charge in [-0.3, -0.25) is 0 Å². The summed E-state index contributed by atoms with van der Waals surface area (Å²) in [5.41, 5.74) is 3.12. The molecule has 3 aromatic rings. The van der Waals surface area contributed by atoms with Crippen LogP contribution in [0.4, 0.5) is 5.69 Å². The Bertz CT molecular complexity index is 691. The monoisotopic (exact) mass is 283 g/mol. The highest BCUT2D eigenvalue weighted by Crippen LogP contribution is 2.25. The highest BCUT2D eigenvalue weighted by molar-refractivity contribution is 5.54. The summed E-state index contributed by atoms with van der Waals surface area (Å²) >= 11 is 0. The third-order valence-electron chi connectivity index (χ3n) is 3.43. The lowest BCUT2D eigenvalue weighted by atomic mass is 10.1. The predicted molar refractivity (Wildman–Crippen MR) is 79.3 cm³/mol. The van der Waals surface area contributed by atoms with E-state index in [1.807, 2.05) is 31.2 Å². The molecular formula is C15H17N5O. The van der Waals surface area contributed by atoms with Crippen molar-refractivity contribution in [2.75, 3.05) is 5.32 Å². The maximum absolute atomic E-state index is 5.48. The van der Waals surface area contributed by atoms with Crippen LogP contribution in [0.25, 0.3) is 5.69 Å². The van der Waals surface area contributed by atoms with E-state index in [4.69, 9.17) is 4.42 Å². The quantitative estimate of drug-likeness (QED) is 0.779. The molecule has 1 unspecified atom stereocenters. The first-order chi connectivity index (χ1) is 10.3. The van der Waals surface area contributed by atoms with E-state index in [-0.39, 0.29) is 6.04 Å². The first kappa shape index (κ1) is 13.4. The summed E-state index contributed by atoms with van der Waals surface area (Å²) in [6, 6.07) is 10.2. The van der Waals surface area contributed by atoms with Crippen LogP contribution in [0.3, 0.4) is 0 Å². The Kier molecular flexibility index (Phi) is 3.68. The van der Waals surface area contributed by atoms with Crippen molar-refractivity contribution in [2.24, 2.45) is 0 Å². The van der Waals surface area contributed by atoms with Crippen LogP contribution in [-0.2, 0) is 0 Å². The zero-order valence-electron chi connectivity index (χ0n) is 12.0. The molecule has 2 heterocycles. The summed E-state index contributed by atoms with van der Waals surface area (Å²) in [4.78, 5) is 0. The van der Waals surface area contributed by atoms with Gasteiger partial charge in [-0.1, -0.05) is 6.92 Å². The van der Waals surface area contributed by atoms with Crippen molar-refractivity contribution >= 4 is 5.69 Å². The van der Waals surface area contributed by atoms with E-state index < -0.39 is 0 Å². The fourth-order valence-electron chi connectivity index (χ4n) is 2.34. The molecule has 0 spiro atoms. The van der Waals surface area contributed by atoms with Gasteiger partial charge in [0.25, 0.3) is 0 Å². The first-order valence-corrected chi connectivity index (χ1v) is 6.92. The summed E-state index contributed by atoms with van der Waals surface area (Å²) in [6.07, 6.45) is 4.24. The summed E-state index contributed by atoms with van der Waals surface area (Å²) < 4.78 is 7.13. The van der Waals surface area contributed by atoms with Gasteiger partial charge < -0.3 is 9.73 Å². The topological polar surface area (TPSA) is 68.8 Å². The van der Waals surface area contributed by atoms with Gasteiger partial charge in [0.05, 0.1) is 18.0 Å². The molecule has 0 amide bonds. The zero-order valence-corrected chi connectivity index (χ0v) is 12.0. The molecular weight excluding hydrogens is 266 g/mol. The Balaban J connectivity index is 1.82. The van der Waals surface area contributed by atoms with E-state index in [0.717, 1.165) is 29.1 Å². The van der Waals surface area contributed by atoms with Crippen LogP contribution in [-0.4, -0.2) is 20.2 Å². The molecule has 0 bridgehead atoms. The van der Waals surface area contributed by atoms with E-state index in [2.05, 4.69) is 33.8 Å². The van der Waals surface area contributed by atoms with Crippen LogP contribution in [0, 0.1) is 6.92 Å². The predicted octanol–water partition coefficient (Wildman–Crippen LogP) is 3.13. The Labute approximate surface area is 122 Å². The molecule has 6 nitrogen and oxygen atoms in total. The minimum Gasteiger partial charge on any atom is -0.467 e. The van der Waals surface area contributed by atoms with Gasteiger partial charge in [0, 0.05) is 5.69 Å². The maximum atomic E-state index is 5.48. The third kappa shape index (κ3) is 2.79. The molecule has 0 aliphatic carbocycles. The van der Waals surface area contributed by atoms with Crippen molar-refractivity contribution in [3.05, 3.63) is 54.2 Å². The van der Waals surface area contributed by atoms with Crippen LogP contribution >= 0.6 is 0 Å². The average Bonchev–Trinajstić information content (AvgIpc) is 3.18. The fraction of sp³-hybridized carbons (Fsp3) is 0.267. The van der Waals surface area contributed by atoms with Crippen LogP contribution in [0.1, 0.15) is 30.7 Å². The Hall–Kier alpha value is -2.63. The minimum atomic E-state index is 0.165. The summed E-state index contributed by atoms with van der Waals surface area (Å²) in [5, 5.41) is 14.7. The van der Waals surface area contributed by atoms with E-state index in [1.165, 1.54) is 0 Å². The molecule has 0 aliphatic rings. The Morgan fingerprint density at radius 3 is 2.86 bits per heavy atom. The summed E-state index contributed by atoms with van der Waals surface area (Å²) in [6.45, 7) is 4.17. The van der Waals surface area contributed by atoms with Crippen LogP contribution < -0.4 is 5.32 Å². The van der Waals surface area contributed by atoms with Crippen molar-refractivity contribution in [1.82, 2.24) is 20.2 Å².